The third kappa shape index (κ3) is 3.11. The normalized spacial score (nSPS) is 20.8. The van der Waals surface area contributed by atoms with Crippen molar-refractivity contribution in [3.05, 3.63) is 22.7 Å². The number of hydrogen-bond donors (Lipinski definition) is 2. The summed E-state index contributed by atoms with van der Waals surface area (Å²) in [4.78, 5) is 24.2. The number of rotatable bonds is 2. The van der Waals surface area contributed by atoms with Crippen LogP contribution in [0.25, 0.3) is 0 Å². The van der Waals surface area contributed by atoms with Crippen molar-refractivity contribution >= 4 is 23.4 Å². The molecule has 2 N–H and O–H groups in total. The van der Waals surface area contributed by atoms with E-state index in [0.717, 1.165) is 12.8 Å². The Hall–Kier alpha value is -1.95. The van der Waals surface area contributed by atoms with Gasteiger partial charge in [-0.2, -0.15) is 0 Å². The van der Waals surface area contributed by atoms with Crippen LogP contribution in [0.1, 0.15) is 29.6 Å². The number of nitrogens with one attached hydrogen (secondary N) is 2. The van der Waals surface area contributed by atoms with Crippen LogP contribution in [0.4, 0.5) is 0 Å². The van der Waals surface area contributed by atoms with E-state index in [1.54, 1.807) is 6.07 Å². The topological polar surface area (TPSA) is 76.7 Å². The van der Waals surface area contributed by atoms with Crippen molar-refractivity contribution in [1.82, 2.24) is 10.6 Å². The average molecular weight is 325 g/mol. The van der Waals surface area contributed by atoms with Gasteiger partial charge in [-0.25, -0.2) is 0 Å². The second kappa shape index (κ2) is 6.44. The van der Waals surface area contributed by atoms with Gasteiger partial charge in [-0.1, -0.05) is 11.6 Å². The Labute approximate surface area is 133 Å². The highest BCUT2D eigenvalue weighted by atomic mass is 35.5. The maximum atomic E-state index is 12.4. The lowest BCUT2D eigenvalue weighted by atomic mass is 10.1. The van der Waals surface area contributed by atoms with E-state index in [0.29, 0.717) is 48.3 Å². The van der Waals surface area contributed by atoms with Gasteiger partial charge in [-0.05, 0) is 31.4 Å². The minimum atomic E-state index is -0.512. The maximum Gasteiger partial charge on any atom is 0.252 e. The van der Waals surface area contributed by atoms with E-state index in [1.807, 2.05) is 0 Å². The molecule has 2 heterocycles. The zero-order valence-electron chi connectivity index (χ0n) is 12.0. The summed E-state index contributed by atoms with van der Waals surface area (Å²) in [6, 6.07) is 2.60. The third-order valence-corrected chi connectivity index (χ3v) is 3.98. The van der Waals surface area contributed by atoms with Gasteiger partial charge in [0, 0.05) is 12.1 Å². The van der Waals surface area contributed by atoms with Gasteiger partial charge in [0.05, 0.1) is 5.02 Å². The predicted octanol–water partition coefficient (Wildman–Crippen LogP) is 1.51. The quantitative estimate of drug-likeness (QED) is 0.864. The monoisotopic (exact) mass is 324 g/mol. The van der Waals surface area contributed by atoms with Gasteiger partial charge in [0.15, 0.2) is 11.5 Å². The molecule has 0 aliphatic carbocycles. The molecule has 0 spiro atoms. The molecule has 1 fully saturated rings. The zero-order chi connectivity index (χ0) is 15.5. The van der Waals surface area contributed by atoms with Crippen molar-refractivity contribution in [3.8, 4) is 11.5 Å². The summed E-state index contributed by atoms with van der Waals surface area (Å²) >= 11 is 6.12. The average Bonchev–Trinajstić information content (AvgIpc) is 2.72. The molecule has 0 bridgehead atoms. The fraction of sp³-hybridized carbons (Fsp3) is 0.467. The van der Waals surface area contributed by atoms with Gasteiger partial charge in [0.25, 0.3) is 5.91 Å². The van der Waals surface area contributed by atoms with Crippen LogP contribution in [0, 0.1) is 0 Å². The number of hydrogen-bond acceptors (Lipinski definition) is 4. The number of amides is 2. The first-order valence-electron chi connectivity index (χ1n) is 7.33. The van der Waals surface area contributed by atoms with E-state index >= 15 is 0 Å². The minimum absolute atomic E-state index is 0.144. The molecule has 3 rings (SSSR count). The van der Waals surface area contributed by atoms with Crippen molar-refractivity contribution in [2.45, 2.75) is 25.3 Å². The molecular formula is C15H17ClN2O4. The number of benzene rings is 1. The second-order valence-corrected chi connectivity index (χ2v) is 5.70. The van der Waals surface area contributed by atoms with E-state index < -0.39 is 6.04 Å². The van der Waals surface area contributed by atoms with Gasteiger partial charge < -0.3 is 20.1 Å². The summed E-state index contributed by atoms with van der Waals surface area (Å²) in [5.74, 6) is 0.418. The second-order valence-electron chi connectivity index (χ2n) is 5.30. The van der Waals surface area contributed by atoms with Gasteiger partial charge in [-0.15, -0.1) is 0 Å². The van der Waals surface area contributed by atoms with Crippen LogP contribution in [-0.4, -0.2) is 37.6 Å². The molecule has 1 saturated heterocycles. The zero-order valence-corrected chi connectivity index (χ0v) is 12.7. The lowest BCUT2D eigenvalue weighted by Crippen LogP contribution is -2.45. The van der Waals surface area contributed by atoms with Crippen molar-refractivity contribution in [3.63, 3.8) is 0 Å². The number of carbonyl (C=O) groups excluding carboxylic acids is 2. The Morgan fingerprint density at radius 3 is 2.95 bits per heavy atom. The lowest BCUT2D eigenvalue weighted by molar-refractivity contribution is -0.122. The van der Waals surface area contributed by atoms with E-state index in [4.69, 9.17) is 21.1 Å². The summed E-state index contributed by atoms with van der Waals surface area (Å²) in [6.45, 7) is 1.50. The van der Waals surface area contributed by atoms with Gasteiger partial charge in [0.2, 0.25) is 5.91 Å². The van der Waals surface area contributed by atoms with E-state index in [2.05, 4.69) is 10.6 Å². The molecule has 0 saturated carbocycles. The molecular weight excluding hydrogens is 308 g/mol. The molecule has 0 radical (unpaired) electrons. The highest BCUT2D eigenvalue weighted by Gasteiger charge is 2.25. The molecule has 1 aromatic carbocycles. The Morgan fingerprint density at radius 1 is 1.27 bits per heavy atom. The molecule has 118 valence electrons. The molecule has 0 aromatic heterocycles. The standard InChI is InChI=1S/C15H17ClN2O4/c16-10-7-9(8-12-13(10)22-6-5-21-12)14(19)18-11-3-1-2-4-17-15(11)20/h7-8,11H,1-6H2,(H,17,20)(H,18,19)/t11-/m1/s1. The molecule has 22 heavy (non-hydrogen) atoms. The largest absolute Gasteiger partial charge is 0.486 e. The van der Waals surface area contributed by atoms with Crippen molar-refractivity contribution < 1.29 is 19.1 Å². The van der Waals surface area contributed by atoms with Crippen molar-refractivity contribution in [1.29, 1.82) is 0 Å². The van der Waals surface area contributed by atoms with Crippen LogP contribution >= 0.6 is 11.6 Å². The van der Waals surface area contributed by atoms with Crippen LogP contribution < -0.4 is 20.1 Å². The summed E-state index contributed by atoms with van der Waals surface area (Å²) in [5, 5.41) is 5.87. The first-order valence-corrected chi connectivity index (χ1v) is 7.70. The number of halogens is 1. The Balaban J connectivity index is 1.77. The molecule has 2 amide bonds. The fourth-order valence-corrected chi connectivity index (χ4v) is 2.83. The lowest BCUT2D eigenvalue weighted by Gasteiger charge is -2.21. The highest BCUT2D eigenvalue weighted by Crippen LogP contribution is 2.38. The molecule has 2 aliphatic rings. The van der Waals surface area contributed by atoms with Gasteiger partial charge in [-0.3, -0.25) is 9.59 Å². The predicted molar refractivity (Wildman–Crippen MR) is 80.6 cm³/mol. The smallest absolute Gasteiger partial charge is 0.252 e. The maximum absolute atomic E-state index is 12.4. The first kappa shape index (κ1) is 15.0. The number of carbonyl (C=O) groups is 2. The highest BCUT2D eigenvalue weighted by molar-refractivity contribution is 6.32. The Bertz CT molecular complexity index is 605. The summed E-state index contributed by atoms with van der Waals surface area (Å²) in [7, 11) is 0. The van der Waals surface area contributed by atoms with E-state index in [-0.39, 0.29) is 11.8 Å². The molecule has 0 unspecified atom stereocenters. The van der Waals surface area contributed by atoms with Crippen LogP contribution in [0.3, 0.4) is 0 Å². The van der Waals surface area contributed by atoms with Crippen LogP contribution in [0.15, 0.2) is 12.1 Å². The first-order chi connectivity index (χ1) is 10.6. The van der Waals surface area contributed by atoms with Crippen LogP contribution in [0.5, 0.6) is 11.5 Å². The summed E-state index contributed by atoms with van der Waals surface area (Å²) in [6.07, 6.45) is 2.45. The molecule has 1 atom stereocenters. The molecule has 2 aliphatic heterocycles. The van der Waals surface area contributed by atoms with E-state index in [1.165, 1.54) is 6.07 Å². The molecule has 1 aromatic rings. The molecule has 6 nitrogen and oxygen atoms in total. The Kier molecular flexibility index (Phi) is 4.38. The summed E-state index contributed by atoms with van der Waals surface area (Å²) < 4.78 is 10.9. The number of fused-ring (bicyclic) bond motifs is 1. The molecule has 7 heteroatoms. The van der Waals surface area contributed by atoms with Crippen LogP contribution in [-0.2, 0) is 4.79 Å². The fourth-order valence-electron chi connectivity index (χ4n) is 2.56. The summed E-state index contributed by atoms with van der Waals surface area (Å²) in [5.41, 5.74) is 0.353. The minimum Gasteiger partial charge on any atom is -0.486 e. The van der Waals surface area contributed by atoms with Crippen molar-refractivity contribution in [2.75, 3.05) is 19.8 Å². The van der Waals surface area contributed by atoms with Gasteiger partial charge >= 0.3 is 0 Å². The SMILES string of the molecule is O=C(N[C@@H]1CCCCNC1=O)c1cc(Cl)c2c(c1)OCCO2. The van der Waals surface area contributed by atoms with Gasteiger partial charge in [0.1, 0.15) is 19.3 Å². The van der Waals surface area contributed by atoms with Crippen molar-refractivity contribution in [2.24, 2.45) is 0 Å². The third-order valence-electron chi connectivity index (χ3n) is 3.70. The van der Waals surface area contributed by atoms with E-state index in [9.17, 15) is 9.59 Å². The number of ether oxygens (including phenoxy) is 2. The van der Waals surface area contributed by atoms with Crippen LogP contribution in [0.2, 0.25) is 5.02 Å². The Morgan fingerprint density at radius 2 is 2.09 bits per heavy atom.